The van der Waals surface area contributed by atoms with Crippen molar-refractivity contribution in [2.24, 2.45) is 4.99 Å². The lowest BCUT2D eigenvalue weighted by Crippen LogP contribution is -2.43. The molecule has 0 aromatic heterocycles. The van der Waals surface area contributed by atoms with Crippen molar-refractivity contribution in [3.8, 4) is 0 Å². The third-order valence-corrected chi connectivity index (χ3v) is 2.56. The average Bonchev–Trinajstić information content (AvgIpc) is 2.19. The zero-order chi connectivity index (χ0) is 10.0. The molecule has 14 heavy (non-hydrogen) atoms. The number of nitrogens with one attached hydrogen (secondary N) is 1. The van der Waals surface area contributed by atoms with Gasteiger partial charge >= 0.3 is 0 Å². The van der Waals surface area contributed by atoms with Crippen molar-refractivity contribution in [1.82, 2.24) is 5.32 Å². The van der Waals surface area contributed by atoms with Gasteiger partial charge in [0.15, 0.2) is 0 Å². The van der Waals surface area contributed by atoms with Gasteiger partial charge in [0.1, 0.15) is 5.66 Å². The largest absolute Gasteiger partial charge is 0.293 e. The molecule has 2 nitrogen and oxygen atoms in total. The molecule has 0 saturated heterocycles. The fourth-order valence-electron chi connectivity index (χ4n) is 1.64. The van der Waals surface area contributed by atoms with Crippen molar-refractivity contribution in [3.05, 3.63) is 35.9 Å². The van der Waals surface area contributed by atoms with Gasteiger partial charge in [-0.2, -0.15) is 0 Å². The van der Waals surface area contributed by atoms with Gasteiger partial charge in [-0.05, 0) is 19.4 Å². The Morgan fingerprint density at radius 1 is 1.29 bits per heavy atom. The Hall–Kier alpha value is -1.15. The van der Waals surface area contributed by atoms with E-state index >= 15 is 0 Å². The summed E-state index contributed by atoms with van der Waals surface area (Å²) in [6.45, 7) is 5.15. The van der Waals surface area contributed by atoms with Gasteiger partial charge < -0.3 is 0 Å². The highest BCUT2D eigenvalue weighted by atomic mass is 15.1. The quantitative estimate of drug-likeness (QED) is 0.717. The Balaban J connectivity index is 2.17. The molecular weight excluding hydrogens is 172 g/mol. The van der Waals surface area contributed by atoms with Crippen LogP contribution in [0.4, 0.5) is 0 Å². The summed E-state index contributed by atoms with van der Waals surface area (Å²) in [6, 6.07) is 10.5. The smallest absolute Gasteiger partial charge is 0.104 e. The average molecular weight is 188 g/mol. The van der Waals surface area contributed by atoms with Gasteiger partial charge in [0.05, 0.1) is 0 Å². The standard InChI is InChI=1S/C12H16N2/c1-12(2)13-8-11(9-14-12)10-6-4-3-5-7-10/h3-8,11,14H,9H2,1-2H3. The number of hydrogen-bond donors (Lipinski definition) is 1. The van der Waals surface area contributed by atoms with Gasteiger partial charge in [-0.3, -0.25) is 10.3 Å². The fraction of sp³-hybridized carbons (Fsp3) is 0.417. The molecule has 1 aromatic rings. The molecule has 2 heteroatoms. The highest BCUT2D eigenvalue weighted by Crippen LogP contribution is 2.18. The van der Waals surface area contributed by atoms with Crippen molar-refractivity contribution in [1.29, 1.82) is 0 Å². The summed E-state index contributed by atoms with van der Waals surface area (Å²) in [5.41, 5.74) is 1.24. The van der Waals surface area contributed by atoms with Gasteiger partial charge in [0.25, 0.3) is 0 Å². The molecule has 0 radical (unpaired) electrons. The van der Waals surface area contributed by atoms with E-state index in [0.29, 0.717) is 5.92 Å². The molecule has 0 aliphatic carbocycles. The van der Waals surface area contributed by atoms with Crippen molar-refractivity contribution in [3.63, 3.8) is 0 Å². The molecule has 1 heterocycles. The number of nitrogens with zero attached hydrogens (tertiary/aromatic N) is 1. The molecule has 74 valence electrons. The lowest BCUT2D eigenvalue weighted by atomic mass is 9.98. The SMILES string of the molecule is CC1(C)N=CC(c2ccccc2)CN1. The van der Waals surface area contributed by atoms with Crippen molar-refractivity contribution >= 4 is 6.21 Å². The highest BCUT2D eigenvalue weighted by Gasteiger charge is 2.22. The first-order valence-corrected chi connectivity index (χ1v) is 5.03. The molecular formula is C12H16N2. The van der Waals surface area contributed by atoms with Crippen LogP contribution < -0.4 is 5.32 Å². The molecule has 1 aliphatic rings. The highest BCUT2D eigenvalue weighted by molar-refractivity contribution is 5.69. The number of benzene rings is 1. The Kier molecular flexibility index (Phi) is 2.38. The molecule has 1 unspecified atom stereocenters. The Bertz CT molecular complexity index is 327. The topological polar surface area (TPSA) is 24.4 Å². The molecule has 0 saturated carbocycles. The van der Waals surface area contributed by atoms with Crippen molar-refractivity contribution in [2.45, 2.75) is 25.4 Å². The Morgan fingerprint density at radius 2 is 2.00 bits per heavy atom. The zero-order valence-corrected chi connectivity index (χ0v) is 8.70. The first-order valence-electron chi connectivity index (χ1n) is 5.03. The second-order valence-corrected chi connectivity index (χ2v) is 4.24. The lowest BCUT2D eigenvalue weighted by Gasteiger charge is -2.29. The molecule has 0 fully saturated rings. The van der Waals surface area contributed by atoms with E-state index in [4.69, 9.17) is 0 Å². The normalized spacial score (nSPS) is 24.9. The van der Waals surface area contributed by atoms with Crippen LogP contribution >= 0.6 is 0 Å². The first-order chi connectivity index (χ1) is 6.67. The van der Waals surface area contributed by atoms with Crippen LogP contribution in [0.25, 0.3) is 0 Å². The van der Waals surface area contributed by atoms with Gasteiger partial charge in [0, 0.05) is 18.7 Å². The second-order valence-electron chi connectivity index (χ2n) is 4.24. The Morgan fingerprint density at radius 3 is 2.57 bits per heavy atom. The summed E-state index contributed by atoms with van der Waals surface area (Å²) in [5.74, 6) is 0.421. The molecule has 1 atom stereocenters. The van der Waals surface area contributed by atoms with E-state index in [1.54, 1.807) is 0 Å². The van der Waals surface area contributed by atoms with Crippen LogP contribution in [0.15, 0.2) is 35.3 Å². The minimum Gasteiger partial charge on any atom is -0.293 e. The van der Waals surface area contributed by atoms with Crippen LogP contribution in [-0.2, 0) is 0 Å². The summed E-state index contributed by atoms with van der Waals surface area (Å²) in [5, 5.41) is 3.41. The first kappa shape index (κ1) is 9.41. The molecule has 2 rings (SSSR count). The minimum atomic E-state index is -0.0920. The van der Waals surface area contributed by atoms with Crippen LogP contribution in [0.2, 0.25) is 0 Å². The van der Waals surface area contributed by atoms with E-state index in [9.17, 15) is 0 Å². The van der Waals surface area contributed by atoms with Crippen molar-refractivity contribution < 1.29 is 0 Å². The van der Waals surface area contributed by atoms with E-state index in [1.165, 1.54) is 5.56 Å². The van der Waals surface area contributed by atoms with Crippen LogP contribution in [-0.4, -0.2) is 18.4 Å². The third kappa shape index (κ3) is 2.02. The Labute approximate surface area is 85.1 Å². The monoisotopic (exact) mass is 188 g/mol. The molecule has 1 N–H and O–H groups in total. The molecule has 0 spiro atoms. The number of aliphatic imine (C=N–C) groups is 1. The van der Waals surface area contributed by atoms with Crippen LogP contribution in [0.3, 0.4) is 0 Å². The summed E-state index contributed by atoms with van der Waals surface area (Å²) in [4.78, 5) is 4.48. The number of hydrogen-bond acceptors (Lipinski definition) is 2. The van der Waals surface area contributed by atoms with Gasteiger partial charge in [0.2, 0.25) is 0 Å². The van der Waals surface area contributed by atoms with E-state index in [1.807, 2.05) is 6.07 Å². The van der Waals surface area contributed by atoms with Gasteiger partial charge in [-0.25, -0.2) is 0 Å². The predicted octanol–water partition coefficient (Wildman–Crippen LogP) is 2.18. The van der Waals surface area contributed by atoms with E-state index < -0.39 is 0 Å². The third-order valence-electron chi connectivity index (χ3n) is 2.56. The van der Waals surface area contributed by atoms with Crippen LogP contribution in [0.1, 0.15) is 25.3 Å². The van der Waals surface area contributed by atoms with E-state index in [0.717, 1.165) is 6.54 Å². The summed E-state index contributed by atoms with van der Waals surface area (Å²) in [7, 11) is 0. The van der Waals surface area contributed by atoms with Gasteiger partial charge in [-0.1, -0.05) is 30.3 Å². The lowest BCUT2D eigenvalue weighted by molar-refractivity contribution is 0.389. The maximum atomic E-state index is 4.48. The minimum absolute atomic E-state index is 0.0920. The molecule has 1 aliphatic heterocycles. The fourth-order valence-corrected chi connectivity index (χ4v) is 1.64. The number of rotatable bonds is 1. The van der Waals surface area contributed by atoms with Gasteiger partial charge in [-0.15, -0.1) is 0 Å². The predicted molar refractivity (Wildman–Crippen MR) is 59.8 cm³/mol. The maximum Gasteiger partial charge on any atom is 0.104 e. The van der Waals surface area contributed by atoms with E-state index in [2.05, 4.69) is 54.6 Å². The van der Waals surface area contributed by atoms with Crippen molar-refractivity contribution in [2.75, 3.05) is 6.54 Å². The second kappa shape index (κ2) is 3.54. The summed E-state index contributed by atoms with van der Waals surface area (Å²) in [6.07, 6.45) is 2.06. The molecule has 0 amide bonds. The van der Waals surface area contributed by atoms with Crippen LogP contribution in [0, 0.1) is 0 Å². The summed E-state index contributed by atoms with van der Waals surface area (Å²) < 4.78 is 0. The summed E-state index contributed by atoms with van der Waals surface area (Å²) >= 11 is 0. The maximum absolute atomic E-state index is 4.48. The molecule has 0 bridgehead atoms. The molecule has 1 aromatic carbocycles. The zero-order valence-electron chi connectivity index (χ0n) is 8.70. The van der Waals surface area contributed by atoms with Crippen LogP contribution in [0.5, 0.6) is 0 Å². The van der Waals surface area contributed by atoms with E-state index in [-0.39, 0.29) is 5.66 Å².